The van der Waals surface area contributed by atoms with Gasteiger partial charge in [-0.3, -0.25) is 0 Å². The summed E-state index contributed by atoms with van der Waals surface area (Å²) in [6, 6.07) is 47.5. The van der Waals surface area contributed by atoms with E-state index in [0.29, 0.717) is 47.3 Å². The molecule has 0 spiro atoms. The largest absolute Gasteiger partial charge is 0.509 e. The van der Waals surface area contributed by atoms with Crippen LogP contribution in [0, 0.1) is 0 Å². The normalized spacial score (nSPS) is 14.7. The maximum atomic E-state index is 13.2. The lowest BCUT2D eigenvalue weighted by Gasteiger charge is -2.34. The van der Waals surface area contributed by atoms with Crippen molar-refractivity contribution in [3.8, 4) is 28.7 Å². The number of fused-ring (bicyclic) bond motifs is 1. The second-order valence-electron chi connectivity index (χ2n) is 12.4. The highest BCUT2D eigenvalue weighted by atomic mass is 16.7. The Morgan fingerprint density at radius 1 is 0.596 bits per heavy atom. The third-order valence-electron chi connectivity index (χ3n) is 8.62. The first-order valence-electron chi connectivity index (χ1n) is 17.1. The van der Waals surface area contributed by atoms with Crippen LogP contribution in [0.15, 0.2) is 152 Å². The van der Waals surface area contributed by atoms with Crippen LogP contribution >= 0.6 is 0 Å². The van der Waals surface area contributed by atoms with Gasteiger partial charge in [-0.2, -0.15) is 0 Å². The number of aromatic hydroxyl groups is 1. The smallest absolute Gasteiger partial charge is 0.504 e. The number of carbonyl (C=O) groups is 1. The van der Waals surface area contributed by atoms with Gasteiger partial charge < -0.3 is 33.5 Å². The molecule has 262 valence electrons. The van der Waals surface area contributed by atoms with Crippen LogP contribution in [0.3, 0.4) is 0 Å². The maximum absolute atomic E-state index is 13.2. The van der Waals surface area contributed by atoms with Gasteiger partial charge in [0, 0.05) is 29.7 Å². The molecule has 0 amide bonds. The van der Waals surface area contributed by atoms with Crippen molar-refractivity contribution in [2.45, 2.75) is 45.1 Å². The van der Waals surface area contributed by atoms with E-state index in [0.717, 1.165) is 22.3 Å². The predicted molar refractivity (Wildman–Crippen MR) is 195 cm³/mol. The summed E-state index contributed by atoms with van der Waals surface area (Å²) < 4.78 is 36.7. The summed E-state index contributed by atoms with van der Waals surface area (Å²) in [7, 11) is 0. The van der Waals surface area contributed by atoms with Crippen LogP contribution in [0.25, 0.3) is 0 Å². The third kappa shape index (κ3) is 8.84. The number of rotatable bonds is 13. The first-order chi connectivity index (χ1) is 25.6. The fourth-order valence-corrected chi connectivity index (χ4v) is 5.94. The minimum atomic E-state index is -0.840. The van der Waals surface area contributed by atoms with Gasteiger partial charge in [0.05, 0.1) is 0 Å². The van der Waals surface area contributed by atoms with Crippen molar-refractivity contribution in [2.24, 2.45) is 0 Å². The third-order valence-corrected chi connectivity index (χ3v) is 8.62. The molecule has 1 aliphatic rings. The number of hydrogen-bond donors (Lipinski definition) is 1. The van der Waals surface area contributed by atoms with Gasteiger partial charge in [-0.1, -0.05) is 127 Å². The van der Waals surface area contributed by atoms with E-state index in [9.17, 15) is 9.90 Å². The number of phenolic OH excluding ortho intramolecular Hbond substituents is 1. The Hall–Kier alpha value is -6.41. The topological polar surface area (TPSA) is 92.7 Å². The van der Waals surface area contributed by atoms with Crippen molar-refractivity contribution in [3.05, 3.63) is 185 Å². The number of carbonyl (C=O) groups excluding carboxylic acids is 1. The van der Waals surface area contributed by atoms with Crippen molar-refractivity contribution >= 4 is 6.16 Å². The van der Waals surface area contributed by atoms with Crippen LogP contribution in [0.2, 0.25) is 0 Å². The number of ether oxygens (including phenoxy) is 6. The highest BCUT2D eigenvalue weighted by Crippen LogP contribution is 2.45. The molecule has 1 N–H and O–H groups in total. The Morgan fingerprint density at radius 2 is 1.12 bits per heavy atom. The molecule has 7 rings (SSSR count). The lowest BCUT2D eigenvalue weighted by Crippen LogP contribution is -2.35. The van der Waals surface area contributed by atoms with Crippen molar-refractivity contribution in [1.82, 2.24) is 0 Å². The quantitative estimate of drug-likeness (QED) is 0.120. The molecular weight excluding hydrogens is 656 g/mol. The fraction of sp³-hybridized carbons (Fsp3) is 0.159. The van der Waals surface area contributed by atoms with Gasteiger partial charge in [-0.15, -0.1) is 0 Å². The zero-order valence-electron chi connectivity index (χ0n) is 28.4. The van der Waals surface area contributed by atoms with Crippen LogP contribution in [-0.2, 0) is 42.3 Å². The zero-order chi connectivity index (χ0) is 35.5. The van der Waals surface area contributed by atoms with Gasteiger partial charge in [0.2, 0.25) is 0 Å². The molecule has 0 bridgehead atoms. The van der Waals surface area contributed by atoms with E-state index in [1.807, 2.05) is 133 Å². The molecule has 8 heteroatoms. The first kappa shape index (κ1) is 34.1. The average molecular weight is 695 g/mol. The molecule has 0 aliphatic carbocycles. The highest BCUT2D eigenvalue weighted by molar-refractivity contribution is 5.61. The van der Waals surface area contributed by atoms with E-state index in [-0.39, 0.29) is 25.4 Å². The van der Waals surface area contributed by atoms with E-state index in [2.05, 4.69) is 0 Å². The summed E-state index contributed by atoms with van der Waals surface area (Å²) in [6.07, 6.45) is -2.23. The van der Waals surface area contributed by atoms with Crippen molar-refractivity contribution < 1.29 is 38.3 Å². The molecule has 6 aromatic carbocycles. The lowest BCUT2D eigenvalue weighted by molar-refractivity contribution is -0.0349. The van der Waals surface area contributed by atoms with Crippen LogP contribution in [-0.4, -0.2) is 17.4 Å². The Morgan fingerprint density at radius 3 is 1.67 bits per heavy atom. The summed E-state index contributed by atoms with van der Waals surface area (Å²) in [5.41, 5.74) is 5.10. The molecule has 0 fully saturated rings. The van der Waals surface area contributed by atoms with E-state index in [4.69, 9.17) is 28.4 Å². The molecular formula is C44H38O8. The molecule has 6 aromatic rings. The Bertz CT molecular complexity index is 2050. The lowest BCUT2D eigenvalue weighted by atomic mass is 9.93. The Balaban J connectivity index is 1.18. The maximum Gasteiger partial charge on any atom is 0.509 e. The molecule has 0 aromatic heterocycles. The van der Waals surface area contributed by atoms with E-state index in [1.54, 1.807) is 18.2 Å². The standard InChI is InChI=1S/C44H38O8/c45-38-23-35(21-22-39(38)48-28-32-15-7-2-8-16-32)43-42(52-44(46)50-30-34-19-11-4-12-20-34)26-37-40(49-29-33-17-9-3-10-18-33)24-36(25-41(37)51-43)47-27-31-13-5-1-6-14-31/h1-25,42-43,45H,26-30H2/t42-,43-/m1/s1. The molecule has 8 nitrogen and oxygen atoms in total. The second kappa shape index (κ2) is 16.5. The van der Waals surface area contributed by atoms with Gasteiger partial charge in [-0.25, -0.2) is 4.79 Å². The molecule has 2 atom stereocenters. The van der Waals surface area contributed by atoms with Gasteiger partial charge >= 0.3 is 6.16 Å². The molecule has 0 saturated carbocycles. The summed E-state index contributed by atoms with van der Waals surface area (Å²) >= 11 is 0. The van der Waals surface area contributed by atoms with Crippen LogP contribution in [0.5, 0.6) is 28.7 Å². The fourth-order valence-electron chi connectivity index (χ4n) is 5.94. The molecule has 1 aliphatic heterocycles. The number of phenols is 1. The monoisotopic (exact) mass is 694 g/mol. The summed E-state index contributed by atoms with van der Waals surface area (Å²) in [6.45, 7) is 0.994. The number of benzene rings is 6. The van der Waals surface area contributed by atoms with Crippen LogP contribution in [0.1, 0.15) is 39.5 Å². The SMILES string of the molecule is O=C(OCc1ccccc1)O[C@@H]1Cc2c(OCc3ccccc3)cc(OCc3ccccc3)cc2O[C@@H]1c1ccc(OCc2ccccc2)c(O)c1. The van der Waals surface area contributed by atoms with E-state index < -0.39 is 18.4 Å². The van der Waals surface area contributed by atoms with Crippen molar-refractivity contribution in [2.75, 3.05) is 0 Å². The number of hydrogen-bond acceptors (Lipinski definition) is 8. The second-order valence-corrected chi connectivity index (χ2v) is 12.4. The molecule has 0 unspecified atom stereocenters. The minimum absolute atomic E-state index is 0.0519. The highest BCUT2D eigenvalue weighted by Gasteiger charge is 2.37. The molecule has 0 radical (unpaired) electrons. The van der Waals surface area contributed by atoms with Gasteiger partial charge in [0.25, 0.3) is 0 Å². The zero-order valence-corrected chi connectivity index (χ0v) is 28.4. The van der Waals surface area contributed by atoms with E-state index >= 15 is 0 Å². The summed E-state index contributed by atoms with van der Waals surface area (Å²) in [4.78, 5) is 13.2. The van der Waals surface area contributed by atoms with Gasteiger partial charge in [0.1, 0.15) is 43.7 Å². The Labute approximate surface area is 302 Å². The summed E-state index contributed by atoms with van der Waals surface area (Å²) in [5, 5.41) is 11.1. The Kier molecular flexibility index (Phi) is 10.8. The van der Waals surface area contributed by atoms with Crippen LogP contribution in [0.4, 0.5) is 4.79 Å². The van der Waals surface area contributed by atoms with Crippen molar-refractivity contribution in [1.29, 1.82) is 0 Å². The first-order valence-corrected chi connectivity index (χ1v) is 17.1. The van der Waals surface area contributed by atoms with Crippen molar-refractivity contribution in [3.63, 3.8) is 0 Å². The molecule has 0 saturated heterocycles. The van der Waals surface area contributed by atoms with Gasteiger partial charge in [0.15, 0.2) is 23.7 Å². The summed E-state index contributed by atoms with van der Waals surface area (Å²) in [5.74, 6) is 1.86. The van der Waals surface area contributed by atoms with E-state index in [1.165, 1.54) is 0 Å². The molecule has 52 heavy (non-hydrogen) atoms. The van der Waals surface area contributed by atoms with Crippen LogP contribution < -0.4 is 18.9 Å². The minimum Gasteiger partial charge on any atom is -0.504 e. The van der Waals surface area contributed by atoms with Gasteiger partial charge in [-0.05, 0) is 34.4 Å². The average Bonchev–Trinajstić information content (AvgIpc) is 3.19. The predicted octanol–water partition coefficient (Wildman–Crippen LogP) is 9.53. The molecule has 1 heterocycles.